The van der Waals surface area contributed by atoms with Crippen molar-refractivity contribution >= 4 is 5.82 Å². The van der Waals surface area contributed by atoms with E-state index in [4.69, 9.17) is 10.5 Å². The molecule has 1 aliphatic rings. The summed E-state index contributed by atoms with van der Waals surface area (Å²) in [5.74, 6) is 2.13. The van der Waals surface area contributed by atoms with E-state index < -0.39 is 0 Å². The van der Waals surface area contributed by atoms with Crippen LogP contribution in [0.1, 0.15) is 65.1 Å². The smallest absolute Gasteiger partial charge is 0.219 e. The summed E-state index contributed by atoms with van der Waals surface area (Å²) in [5, 5.41) is 0. The molecule has 106 valence electrons. The molecule has 0 spiro atoms. The fourth-order valence-electron chi connectivity index (χ4n) is 2.44. The van der Waals surface area contributed by atoms with Gasteiger partial charge in [-0.2, -0.15) is 4.98 Å². The van der Waals surface area contributed by atoms with Crippen LogP contribution in [-0.2, 0) is 0 Å². The van der Waals surface area contributed by atoms with E-state index in [1.54, 1.807) is 6.07 Å². The highest BCUT2D eigenvalue weighted by Gasteiger charge is 2.28. The first kappa shape index (κ1) is 14.1. The Kier molecular flexibility index (Phi) is 3.97. The average molecular weight is 263 g/mol. The molecule has 2 rings (SSSR count). The Morgan fingerprint density at radius 3 is 2.47 bits per heavy atom. The molecule has 1 saturated carbocycles. The molecule has 0 amide bonds. The van der Waals surface area contributed by atoms with Gasteiger partial charge in [-0.3, -0.25) is 0 Å². The number of ether oxygens (including phenoxy) is 1. The van der Waals surface area contributed by atoms with Crippen molar-refractivity contribution in [2.45, 2.75) is 65.4 Å². The van der Waals surface area contributed by atoms with Crippen LogP contribution in [-0.4, -0.2) is 16.1 Å². The van der Waals surface area contributed by atoms with Gasteiger partial charge < -0.3 is 10.5 Å². The Hall–Kier alpha value is -1.32. The van der Waals surface area contributed by atoms with Gasteiger partial charge in [0.15, 0.2) is 0 Å². The molecule has 0 bridgehead atoms. The number of hydrogen-bond donors (Lipinski definition) is 1. The molecule has 1 fully saturated rings. The van der Waals surface area contributed by atoms with E-state index >= 15 is 0 Å². The zero-order valence-electron chi connectivity index (χ0n) is 12.4. The molecule has 0 saturated heterocycles. The van der Waals surface area contributed by atoms with Crippen molar-refractivity contribution in [3.8, 4) is 5.88 Å². The Morgan fingerprint density at radius 1 is 1.26 bits per heavy atom. The van der Waals surface area contributed by atoms with Crippen molar-refractivity contribution in [1.82, 2.24) is 9.97 Å². The highest BCUT2D eigenvalue weighted by molar-refractivity contribution is 5.33. The lowest BCUT2D eigenvalue weighted by Crippen LogP contribution is -2.28. The van der Waals surface area contributed by atoms with E-state index in [1.807, 2.05) is 0 Å². The van der Waals surface area contributed by atoms with Gasteiger partial charge in [-0.05, 0) is 31.1 Å². The molecule has 1 heterocycles. The van der Waals surface area contributed by atoms with Gasteiger partial charge in [0.25, 0.3) is 0 Å². The molecule has 2 N–H and O–H groups in total. The summed E-state index contributed by atoms with van der Waals surface area (Å²) in [4.78, 5) is 8.69. The van der Waals surface area contributed by atoms with E-state index in [1.165, 1.54) is 12.8 Å². The van der Waals surface area contributed by atoms with Crippen LogP contribution in [0.5, 0.6) is 5.88 Å². The normalized spacial score (nSPS) is 19.6. The number of nitrogens with zero attached hydrogens (tertiary/aromatic N) is 2. The number of anilines is 1. The molecular formula is C15H25N3O. The molecule has 1 aliphatic carbocycles. The maximum atomic E-state index is 5.99. The third kappa shape index (κ3) is 3.82. The number of nitrogen functional groups attached to an aromatic ring is 1. The molecule has 1 aromatic rings. The van der Waals surface area contributed by atoms with Crippen LogP contribution >= 0.6 is 0 Å². The van der Waals surface area contributed by atoms with Gasteiger partial charge in [-0.1, -0.05) is 27.7 Å². The van der Waals surface area contributed by atoms with Crippen LogP contribution in [0.3, 0.4) is 0 Å². The van der Waals surface area contributed by atoms with Crippen molar-refractivity contribution in [3.05, 3.63) is 11.9 Å². The molecule has 0 atom stereocenters. The summed E-state index contributed by atoms with van der Waals surface area (Å²) >= 11 is 0. The standard InChI is InChI=1S/C15H25N3O/c1-10(2)14-17-12(16)9-13(18-14)19-11-5-7-15(3,4)8-6-11/h9-11H,5-8H2,1-4H3,(H2,16,17,18). The van der Waals surface area contributed by atoms with Crippen LogP contribution in [0.2, 0.25) is 0 Å². The van der Waals surface area contributed by atoms with E-state index in [9.17, 15) is 0 Å². The molecule has 0 radical (unpaired) electrons. The zero-order valence-corrected chi connectivity index (χ0v) is 12.4. The van der Waals surface area contributed by atoms with Gasteiger partial charge in [0.2, 0.25) is 5.88 Å². The lowest BCUT2D eigenvalue weighted by Gasteiger charge is -2.34. The average Bonchev–Trinajstić information content (AvgIpc) is 2.31. The molecule has 4 heteroatoms. The maximum Gasteiger partial charge on any atom is 0.219 e. The Morgan fingerprint density at radius 2 is 1.89 bits per heavy atom. The molecule has 0 aliphatic heterocycles. The third-order valence-electron chi connectivity index (χ3n) is 3.83. The first-order valence-corrected chi connectivity index (χ1v) is 7.17. The number of aromatic nitrogens is 2. The third-order valence-corrected chi connectivity index (χ3v) is 3.83. The number of hydrogen-bond acceptors (Lipinski definition) is 4. The highest BCUT2D eigenvalue weighted by Crippen LogP contribution is 2.36. The summed E-state index contributed by atoms with van der Waals surface area (Å²) < 4.78 is 5.99. The minimum atomic E-state index is 0.260. The molecule has 4 nitrogen and oxygen atoms in total. The Balaban J connectivity index is 2.03. The first-order valence-electron chi connectivity index (χ1n) is 7.17. The van der Waals surface area contributed by atoms with Gasteiger partial charge in [0.05, 0.1) is 0 Å². The number of rotatable bonds is 3. The SMILES string of the molecule is CC(C)c1nc(N)cc(OC2CCC(C)(C)CC2)n1. The number of nitrogens with two attached hydrogens (primary N) is 1. The minimum absolute atomic E-state index is 0.260. The summed E-state index contributed by atoms with van der Waals surface area (Å²) in [5.41, 5.74) is 6.27. The van der Waals surface area contributed by atoms with Crippen LogP contribution in [0.15, 0.2) is 6.07 Å². The molecule has 0 unspecified atom stereocenters. The van der Waals surface area contributed by atoms with Crippen molar-refractivity contribution < 1.29 is 4.74 Å². The lowest BCUT2D eigenvalue weighted by molar-refractivity contribution is 0.0946. The fraction of sp³-hybridized carbons (Fsp3) is 0.733. The Labute approximate surface area is 115 Å². The lowest BCUT2D eigenvalue weighted by atomic mass is 9.76. The van der Waals surface area contributed by atoms with Gasteiger partial charge >= 0.3 is 0 Å². The molecule has 1 aromatic heterocycles. The highest BCUT2D eigenvalue weighted by atomic mass is 16.5. The predicted octanol–water partition coefficient (Wildman–Crippen LogP) is 3.53. The summed E-state index contributed by atoms with van der Waals surface area (Å²) in [6.07, 6.45) is 4.86. The van der Waals surface area contributed by atoms with E-state index in [0.29, 0.717) is 17.1 Å². The fourth-order valence-corrected chi connectivity index (χ4v) is 2.44. The second-order valence-electron chi connectivity index (χ2n) is 6.63. The van der Waals surface area contributed by atoms with Gasteiger partial charge in [-0.25, -0.2) is 4.98 Å². The van der Waals surface area contributed by atoms with Gasteiger partial charge in [-0.15, -0.1) is 0 Å². The van der Waals surface area contributed by atoms with Crippen molar-refractivity contribution in [3.63, 3.8) is 0 Å². The molecule has 19 heavy (non-hydrogen) atoms. The summed E-state index contributed by atoms with van der Waals surface area (Å²) in [7, 11) is 0. The van der Waals surface area contributed by atoms with Crippen molar-refractivity contribution in [2.24, 2.45) is 5.41 Å². The maximum absolute atomic E-state index is 5.99. The summed E-state index contributed by atoms with van der Waals surface area (Å²) in [6, 6.07) is 1.73. The van der Waals surface area contributed by atoms with E-state index in [2.05, 4.69) is 37.7 Å². The topological polar surface area (TPSA) is 61.0 Å². The second-order valence-corrected chi connectivity index (χ2v) is 6.63. The quantitative estimate of drug-likeness (QED) is 0.906. The van der Waals surface area contributed by atoms with Gasteiger partial charge in [0, 0.05) is 12.0 Å². The molecule has 0 aromatic carbocycles. The van der Waals surface area contributed by atoms with Crippen molar-refractivity contribution in [1.29, 1.82) is 0 Å². The van der Waals surface area contributed by atoms with Crippen LogP contribution in [0.4, 0.5) is 5.82 Å². The minimum Gasteiger partial charge on any atom is -0.474 e. The second kappa shape index (κ2) is 5.35. The van der Waals surface area contributed by atoms with E-state index in [0.717, 1.165) is 18.7 Å². The monoisotopic (exact) mass is 263 g/mol. The largest absolute Gasteiger partial charge is 0.474 e. The Bertz CT molecular complexity index is 433. The zero-order chi connectivity index (χ0) is 14.0. The van der Waals surface area contributed by atoms with Crippen molar-refractivity contribution in [2.75, 3.05) is 5.73 Å². The van der Waals surface area contributed by atoms with Crippen LogP contribution in [0.25, 0.3) is 0 Å². The van der Waals surface area contributed by atoms with Gasteiger partial charge in [0.1, 0.15) is 17.7 Å². The predicted molar refractivity (Wildman–Crippen MR) is 77.2 cm³/mol. The molecular weight excluding hydrogens is 238 g/mol. The summed E-state index contributed by atoms with van der Waals surface area (Å²) in [6.45, 7) is 8.76. The van der Waals surface area contributed by atoms with Crippen LogP contribution in [0, 0.1) is 5.41 Å². The van der Waals surface area contributed by atoms with Crippen LogP contribution < -0.4 is 10.5 Å². The first-order chi connectivity index (χ1) is 8.85. The van der Waals surface area contributed by atoms with E-state index in [-0.39, 0.29) is 12.0 Å².